The Morgan fingerprint density at radius 1 is 1.00 bits per heavy atom. The van der Waals surface area contributed by atoms with Gasteiger partial charge in [0.2, 0.25) is 0 Å². The average molecular weight is 512 g/mol. The number of benzene rings is 3. The summed E-state index contributed by atoms with van der Waals surface area (Å²) in [6.07, 6.45) is 1.28. The Morgan fingerprint density at radius 2 is 1.72 bits per heavy atom. The lowest BCUT2D eigenvalue weighted by atomic mass is 10.2. The molecule has 1 aliphatic heterocycles. The van der Waals surface area contributed by atoms with Gasteiger partial charge in [0, 0.05) is 32.1 Å². The molecule has 10 heteroatoms. The fourth-order valence-electron chi connectivity index (χ4n) is 3.03. The maximum absolute atomic E-state index is 14.0. The molecule has 0 saturated carbocycles. The van der Waals surface area contributed by atoms with E-state index in [2.05, 4.69) is 5.32 Å². The minimum absolute atomic E-state index is 0.0169. The Bertz CT molecular complexity index is 1370. The van der Waals surface area contributed by atoms with Crippen LogP contribution in [0.25, 0.3) is 6.08 Å². The highest BCUT2D eigenvalue weighted by atomic mass is 35.5. The lowest BCUT2D eigenvalue weighted by molar-refractivity contribution is -0.112. The number of sulfone groups is 1. The van der Waals surface area contributed by atoms with Crippen LogP contribution < -0.4 is 5.32 Å². The molecule has 1 amide bonds. The van der Waals surface area contributed by atoms with Crippen LogP contribution in [-0.2, 0) is 20.4 Å². The first-order valence-electron chi connectivity index (χ1n) is 9.10. The Labute approximate surface area is 197 Å². The lowest BCUT2D eigenvalue weighted by Crippen LogP contribution is -2.18. The molecule has 3 aromatic carbocycles. The first-order valence-corrected chi connectivity index (χ1v) is 12.3. The fourth-order valence-corrected chi connectivity index (χ4v) is 6.21. The third kappa shape index (κ3) is 4.68. The summed E-state index contributed by atoms with van der Waals surface area (Å²) in [6, 6.07) is 12.0. The van der Waals surface area contributed by atoms with Crippen molar-refractivity contribution in [2.75, 3.05) is 5.32 Å². The third-order valence-electron chi connectivity index (χ3n) is 4.65. The molecule has 1 heterocycles. The van der Waals surface area contributed by atoms with E-state index in [9.17, 15) is 22.0 Å². The maximum Gasteiger partial charge on any atom is 0.262 e. The zero-order valence-electron chi connectivity index (χ0n) is 16.0. The van der Waals surface area contributed by atoms with Gasteiger partial charge in [-0.3, -0.25) is 4.79 Å². The van der Waals surface area contributed by atoms with Crippen LogP contribution in [0.2, 0.25) is 10.0 Å². The van der Waals surface area contributed by atoms with E-state index in [4.69, 9.17) is 23.2 Å². The van der Waals surface area contributed by atoms with Gasteiger partial charge in [-0.25, -0.2) is 17.2 Å². The second kappa shape index (κ2) is 8.86. The predicted octanol–water partition coefficient (Wildman–Crippen LogP) is 6.33. The number of hydrogen-bond acceptors (Lipinski definition) is 4. The maximum atomic E-state index is 14.0. The summed E-state index contributed by atoms with van der Waals surface area (Å²) in [5.41, 5.74) is 0.748. The highest BCUT2D eigenvalue weighted by molar-refractivity contribution is 8.04. The van der Waals surface area contributed by atoms with Gasteiger partial charge in [-0.15, -0.1) is 0 Å². The van der Waals surface area contributed by atoms with Crippen molar-refractivity contribution in [3.8, 4) is 0 Å². The van der Waals surface area contributed by atoms with Crippen LogP contribution in [0.5, 0.6) is 0 Å². The van der Waals surface area contributed by atoms with Gasteiger partial charge in [-0.2, -0.15) is 0 Å². The van der Waals surface area contributed by atoms with E-state index in [1.807, 2.05) is 0 Å². The van der Waals surface area contributed by atoms with Crippen molar-refractivity contribution in [1.82, 2.24) is 0 Å². The molecular weight excluding hydrogens is 499 g/mol. The van der Waals surface area contributed by atoms with Crippen LogP contribution in [0.4, 0.5) is 14.5 Å². The van der Waals surface area contributed by atoms with Crippen LogP contribution in [0.3, 0.4) is 0 Å². The Kier molecular flexibility index (Phi) is 6.31. The molecule has 0 spiro atoms. The summed E-state index contributed by atoms with van der Waals surface area (Å²) in [4.78, 5) is 13.0. The molecule has 4 nitrogen and oxygen atoms in total. The summed E-state index contributed by atoms with van der Waals surface area (Å²) >= 11 is 13.2. The van der Waals surface area contributed by atoms with Crippen LogP contribution >= 0.6 is 35.0 Å². The van der Waals surface area contributed by atoms with Crippen LogP contribution in [0.1, 0.15) is 11.1 Å². The zero-order chi connectivity index (χ0) is 23.0. The minimum Gasteiger partial charge on any atom is -0.320 e. The molecule has 0 bridgehead atoms. The van der Waals surface area contributed by atoms with E-state index in [1.54, 1.807) is 18.2 Å². The molecule has 0 atom stereocenters. The molecule has 0 saturated heterocycles. The van der Waals surface area contributed by atoms with Crippen LogP contribution in [0.15, 0.2) is 69.3 Å². The number of nitrogens with one attached hydrogen (secondary N) is 1. The van der Waals surface area contributed by atoms with Crippen LogP contribution in [-0.4, -0.2) is 14.3 Å². The van der Waals surface area contributed by atoms with Crippen LogP contribution in [0, 0.1) is 11.6 Å². The zero-order valence-corrected chi connectivity index (χ0v) is 19.2. The van der Waals surface area contributed by atoms with Crippen molar-refractivity contribution in [3.63, 3.8) is 0 Å². The van der Waals surface area contributed by atoms with Gasteiger partial charge in [0.1, 0.15) is 11.6 Å². The summed E-state index contributed by atoms with van der Waals surface area (Å²) in [6.45, 7) is 0. The van der Waals surface area contributed by atoms with Crippen molar-refractivity contribution in [2.45, 2.75) is 15.5 Å². The third-order valence-corrected chi connectivity index (χ3v) is 8.08. The number of fused-ring (bicyclic) bond motifs is 1. The van der Waals surface area contributed by atoms with Gasteiger partial charge in [0.15, 0.2) is 9.84 Å². The standard InChI is InChI=1S/C22H13Cl2F2NO3S2/c23-16-2-1-3-17(24)15(16)11-32(29,30)14-6-7-19-20(10-14)31-21(22(28)27-19)8-12-4-5-13(25)9-18(12)26/h1-10H,11H2,(H,27,28)/b21-8-. The molecule has 0 aliphatic carbocycles. The second-order valence-electron chi connectivity index (χ2n) is 6.85. The molecular formula is C22H13Cl2F2NO3S2. The number of halogens is 4. The van der Waals surface area contributed by atoms with Gasteiger partial charge in [0.05, 0.1) is 21.2 Å². The Morgan fingerprint density at radius 3 is 2.41 bits per heavy atom. The van der Waals surface area contributed by atoms with Crippen molar-refractivity contribution >= 4 is 62.5 Å². The normalized spacial score (nSPS) is 14.9. The number of carbonyl (C=O) groups excluding carboxylic acids is 1. The highest BCUT2D eigenvalue weighted by Gasteiger charge is 2.25. The number of anilines is 1. The van der Waals surface area contributed by atoms with E-state index in [0.717, 1.165) is 23.9 Å². The molecule has 1 aliphatic rings. The SMILES string of the molecule is O=C1Nc2ccc(S(=O)(=O)Cc3c(Cl)cccc3Cl)cc2S/C1=C\c1ccc(F)cc1F. The molecule has 0 aromatic heterocycles. The van der Waals surface area contributed by atoms with Gasteiger partial charge in [-0.1, -0.05) is 41.0 Å². The van der Waals surface area contributed by atoms with Gasteiger partial charge >= 0.3 is 0 Å². The molecule has 3 aromatic rings. The van der Waals surface area contributed by atoms with E-state index in [0.29, 0.717) is 16.1 Å². The molecule has 1 N–H and O–H groups in total. The smallest absolute Gasteiger partial charge is 0.262 e. The lowest BCUT2D eigenvalue weighted by Gasteiger charge is -2.19. The van der Waals surface area contributed by atoms with Crippen molar-refractivity contribution in [2.24, 2.45) is 0 Å². The van der Waals surface area contributed by atoms with Crippen molar-refractivity contribution < 1.29 is 22.0 Å². The van der Waals surface area contributed by atoms with Crippen molar-refractivity contribution in [3.05, 3.63) is 92.3 Å². The predicted molar refractivity (Wildman–Crippen MR) is 123 cm³/mol. The second-order valence-corrected chi connectivity index (χ2v) is 10.7. The fraction of sp³-hybridized carbons (Fsp3) is 0.0455. The van der Waals surface area contributed by atoms with E-state index in [-0.39, 0.29) is 25.4 Å². The van der Waals surface area contributed by atoms with Gasteiger partial charge in [0.25, 0.3) is 5.91 Å². The topological polar surface area (TPSA) is 63.2 Å². The molecule has 4 rings (SSSR count). The molecule has 32 heavy (non-hydrogen) atoms. The molecule has 0 radical (unpaired) electrons. The molecule has 0 unspecified atom stereocenters. The first-order chi connectivity index (χ1) is 15.1. The number of thioether (sulfide) groups is 1. The number of rotatable bonds is 4. The number of hydrogen-bond donors (Lipinski definition) is 1. The van der Waals surface area contributed by atoms with E-state index < -0.39 is 33.1 Å². The largest absolute Gasteiger partial charge is 0.320 e. The van der Waals surface area contributed by atoms with Crippen molar-refractivity contribution in [1.29, 1.82) is 0 Å². The van der Waals surface area contributed by atoms with Gasteiger partial charge < -0.3 is 5.32 Å². The highest BCUT2D eigenvalue weighted by Crippen LogP contribution is 2.41. The van der Waals surface area contributed by atoms with E-state index in [1.165, 1.54) is 30.3 Å². The number of carbonyl (C=O) groups is 1. The summed E-state index contributed by atoms with van der Waals surface area (Å²) in [7, 11) is -3.81. The molecule has 0 fully saturated rings. The Balaban J connectivity index is 1.67. The minimum atomic E-state index is -3.81. The summed E-state index contributed by atoms with van der Waals surface area (Å²) in [5, 5.41) is 3.13. The van der Waals surface area contributed by atoms with Gasteiger partial charge in [-0.05, 0) is 48.5 Å². The molecule has 164 valence electrons. The summed E-state index contributed by atoms with van der Waals surface area (Å²) in [5.74, 6) is -2.43. The summed E-state index contributed by atoms with van der Waals surface area (Å²) < 4.78 is 53.1. The first kappa shape index (κ1) is 22.8. The average Bonchev–Trinajstić information content (AvgIpc) is 2.73. The monoisotopic (exact) mass is 511 g/mol. The number of amides is 1. The van der Waals surface area contributed by atoms with E-state index >= 15 is 0 Å². The quantitative estimate of drug-likeness (QED) is 0.415. The Hall–Kier alpha value is -2.39.